The second-order valence-corrected chi connectivity index (χ2v) is 3.99. The van der Waals surface area contributed by atoms with Crippen LogP contribution in [0.25, 0.3) is 0 Å². The largest absolute Gasteiger partial charge is 0.497 e. The first-order valence-electron chi connectivity index (χ1n) is 5.29. The summed E-state index contributed by atoms with van der Waals surface area (Å²) in [5.41, 5.74) is 2.47. The molecule has 1 heterocycles. The highest BCUT2D eigenvalue weighted by atomic mass is 16.5. The van der Waals surface area contributed by atoms with Gasteiger partial charge >= 0.3 is 5.97 Å². The predicted molar refractivity (Wildman–Crippen MR) is 59.6 cm³/mol. The van der Waals surface area contributed by atoms with Gasteiger partial charge in [0, 0.05) is 13.1 Å². The van der Waals surface area contributed by atoms with Crippen LogP contribution in [0.2, 0.25) is 0 Å². The molecule has 1 aromatic rings. The minimum Gasteiger partial charge on any atom is -0.497 e. The van der Waals surface area contributed by atoms with Crippen molar-refractivity contribution < 1.29 is 14.6 Å². The molecule has 1 aromatic carbocycles. The molecule has 0 atom stereocenters. The number of hydrogen-bond donors (Lipinski definition) is 1. The van der Waals surface area contributed by atoms with E-state index in [1.54, 1.807) is 7.11 Å². The summed E-state index contributed by atoms with van der Waals surface area (Å²) in [5, 5.41) is 8.75. The Labute approximate surface area is 94.4 Å². The second kappa shape index (κ2) is 4.53. The van der Waals surface area contributed by atoms with Gasteiger partial charge in [-0.15, -0.1) is 0 Å². The van der Waals surface area contributed by atoms with E-state index in [-0.39, 0.29) is 6.54 Å². The summed E-state index contributed by atoms with van der Waals surface area (Å²) in [4.78, 5) is 12.6. The zero-order valence-electron chi connectivity index (χ0n) is 9.27. The van der Waals surface area contributed by atoms with Crippen molar-refractivity contribution in [1.82, 2.24) is 4.90 Å². The summed E-state index contributed by atoms with van der Waals surface area (Å²) >= 11 is 0. The number of carboxylic acids is 1. The Hall–Kier alpha value is -1.55. The molecule has 0 saturated heterocycles. The number of benzene rings is 1. The van der Waals surface area contributed by atoms with Gasteiger partial charge in [0.25, 0.3) is 0 Å². The molecule has 1 aliphatic heterocycles. The smallest absolute Gasteiger partial charge is 0.317 e. The lowest BCUT2D eigenvalue weighted by atomic mass is 9.99. The summed E-state index contributed by atoms with van der Waals surface area (Å²) < 4.78 is 5.16. The molecular formula is C12H15NO3. The van der Waals surface area contributed by atoms with Crippen LogP contribution in [0.3, 0.4) is 0 Å². The number of carboxylic acid groups (broad SMARTS) is 1. The number of rotatable bonds is 3. The van der Waals surface area contributed by atoms with Crippen molar-refractivity contribution in [2.24, 2.45) is 0 Å². The Morgan fingerprint density at radius 1 is 1.50 bits per heavy atom. The summed E-state index contributed by atoms with van der Waals surface area (Å²) in [7, 11) is 1.64. The van der Waals surface area contributed by atoms with Gasteiger partial charge in [-0.05, 0) is 29.7 Å². The Morgan fingerprint density at radius 3 is 3.00 bits per heavy atom. The quantitative estimate of drug-likeness (QED) is 0.831. The van der Waals surface area contributed by atoms with Crippen LogP contribution >= 0.6 is 0 Å². The van der Waals surface area contributed by atoms with Crippen LogP contribution < -0.4 is 4.74 Å². The molecule has 0 radical (unpaired) electrons. The predicted octanol–water partition coefficient (Wildman–Crippen LogP) is 1.14. The van der Waals surface area contributed by atoms with Crippen LogP contribution in [0, 0.1) is 0 Å². The summed E-state index contributed by atoms with van der Waals surface area (Å²) in [5.74, 6) is 0.0577. The molecule has 0 unspecified atom stereocenters. The van der Waals surface area contributed by atoms with E-state index in [9.17, 15) is 4.79 Å². The molecular weight excluding hydrogens is 206 g/mol. The van der Waals surface area contributed by atoms with E-state index >= 15 is 0 Å². The van der Waals surface area contributed by atoms with Crippen molar-refractivity contribution in [3.63, 3.8) is 0 Å². The van der Waals surface area contributed by atoms with E-state index in [2.05, 4.69) is 6.07 Å². The lowest BCUT2D eigenvalue weighted by Gasteiger charge is -2.27. The topological polar surface area (TPSA) is 49.8 Å². The average Bonchev–Trinajstić information content (AvgIpc) is 2.27. The molecule has 0 fully saturated rings. The minimum absolute atomic E-state index is 0.108. The lowest BCUT2D eigenvalue weighted by Crippen LogP contribution is -2.34. The van der Waals surface area contributed by atoms with Crippen molar-refractivity contribution >= 4 is 5.97 Å². The summed E-state index contributed by atoms with van der Waals surface area (Å²) in [6.45, 7) is 1.61. The van der Waals surface area contributed by atoms with Crippen LogP contribution in [0.15, 0.2) is 18.2 Å². The fourth-order valence-corrected chi connectivity index (χ4v) is 2.05. The maximum Gasteiger partial charge on any atom is 0.317 e. The van der Waals surface area contributed by atoms with Crippen molar-refractivity contribution in [3.05, 3.63) is 29.3 Å². The third-order valence-electron chi connectivity index (χ3n) is 2.86. The third kappa shape index (κ3) is 2.33. The molecule has 0 saturated carbocycles. The maximum absolute atomic E-state index is 10.6. The number of hydrogen-bond acceptors (Lipinski definition) is 3. The first kappa shape index (κ1) is 11.0. The third-order valence-corrected chi connectivity index (χ3v) is 2.86. The average molecular weight is 221 g/mol. The zero-order chi connectivity index (χ0) is 11.5. The standard InChI is InChI=1S/C12H15NO3/c1-16-11-3-2-9-4-5-13(8-12(14)15)7-10(9)6-11/h2-3,6H,4-5,7-8H2,1H3,(H,14,15). The molecule has 16 heavy (non-hydrogen) atoms. The van der Waals surface area contributed by atoms with Gasteiger partial charge in [0.15, 0.2) is 0 Å². The Balaban J connectivity index is 2.14. The number of ether oxygens (including phenoxy) is 1. The number of fused-ring (bicyclic) bond motifs is 1. The SMILES string of the molecule is COc1ccc2c(c1)CN(CC(=O)O)CC2. The summed E-state index contributed by atoms with van der Waals surface area (Å²) in [6.07, 6.45) is 0.909. The fourth-order valence-electron chi connectivity index (χ4n) is 2.05. The van der Waals surface area contributed by atoms with Gasteiger partial charge in [-0.3, -0.25) is 9.69 Å². The van der Waals surface area contributed by atoms with Gasteiger partial charge < -0.3 is 9.84 Å². The molecule has 86 valence electrons. The molecule has 0 aliphatic carbocycles. The Bertz CT molecular complexity index is 403. The Morgan fingerprint density at radius 2 is 2.31 bits per heavy atom. The zero-order valence-corrected chi connectivity index (χ0v) is 9.27. The maximum atomic E-state index is 10.6. The van der Waals surface area contributed by atoms with Gasteiger partial charge in [0.05, 0.1) is 13.7 Å². The number of aliphatic carboxylic acids is 1. The lowest BCUT2D eigenvalue weighted by molar-refractivity contribution is -0.138. The van der Waals surface area contributed by atoms with Crippen LogP contribution in [-0.2, 0) is 17.8 Å². The van der Waals surface area contributed by atoms with Gasteiger partial charge in [0.2, 0.25) is 0 Å². The Kier molecular flexibility index (Phi) is 3.10. The second-order valence-electron chi connectivity index (χ2n) is 3.99. The van der Waals surface area contributed by atoms with Crippen LogP contribution in [-0.4, -0.2) is 36.2 Å². The molecule has 1 aliphatic rings. The first-order valence-corrected chi connectivity index (χ1v) is 5.29. The highest BCUT2D eigenvalue weighted by Gasteiger charge is 2.18. The molecule has 4 heteroatoms. The normalized spacial score (nSPS) is 15.6. The monoisotopic (exact) mass is 221 g/mol. The van der Waals surface area contributed by atoms with Gasteiger partial charge in [-0.2, -0.15) is 0 Å². The number of carbonyl (C=O) groups is 1. The van der Waals surface area contributed by atoms with E-state index in [0.717, 1.165) is 18.7 Å². The van der Waals surface area contributed by atoms with Crippen LogP contribution in [0.1, 0.15) is 11.1 Å². The van der Waals surface area contributed by atoms with E-state index < -0.39 is 5.97 Å². The molecule has 2 rings (SSSR count). The van der Waals surface area contributed by atoms with E-state index in [1.807, 2.05) is 17.0 Å². The molecule has 0 aromatic heterocycles. The summed E-state index contributed by atoms with van der Waals surface area (Å²) in [6, 6.07) is 6.00. The molecule has 4 nitrogen and oxygen atoms in total. The van der Waals surface area contributed by atoms with E-state index in [0.29, 0.717) is 6.54 Å². The van der Waals surface area contributed by atoms with Crippen LogP contribution in [0.4, 0.5) is 0 Å². The van der Waals surface area contributed by atoms with Gasteiger partial charge in [-0.1, -0.05) is 6.07 Å². The van der Waals surface area contributed by atoms with Crippen molar-refractivity contribution in [2.75, 3.05) is 20.2 Å². The van der Waals surface area contributed by atoms with Crippen LogP contribution in [0.5, 0.6) is 5.75 Å². The minimum atomic E-state index is -0.772. The molecule has 0 spiro atoms. The van der Waals surface area contributed by atoms with Crippen molar-refractivity contribution in [3.8, 4) is 5.75 Å². The number of methoxy groups -OCH3 is 1. The van der Waals surface area contributed by atoms with E-state index in [4.69, 9.17) is 9.84 Å². The van der Waals surface area contributed by atoms with Gasteiger partial charge in [-0.25, -0.2) is 0 Å². The highest BCUT2D eigenvalue weighted by molar-refractivity contribution is 5.69. The highest BCUT2D eigenvalue weighted by Crippen LogP contribution is 2.23. The molecule has 0 amide bonds. The van der Waals surface area contributed by atoms with Gasteiger partial charge in [0.1, 0.15) is 5.75 Å². The first-order chi connectivity index (χ1) is 7.69. The van der Waals surface area contributed by atoms with Crippen molar-refractivity contribution in [1.29, 1.82) is 0 Å². The molecule has 1 N–H and O–H groups in total. The fraction of sp³-hybridized carbons (Fsp3) is 0.417. The number of nitrogens with zero attached hydrogens (tertiary/aromatic N) is 1. The molecule has 0 bridgehead atoms. The van der Waals surface area contributed by atoms with E-state index in [1.165, 1.54) is 11.1 Å². The van der Waals surface area contributed by atoms with Crippen molar-refractivity contribution in [2.45, 2.75) is 13.0 Å².